The number of aryl methyl sites for hydroxylation is 2. The molecule has 0 saturated carbocycles. The van der Waals surface area contributed by atoms with Crippen LogP contribution in [-0.4, -0.2) is 45.9 Å². The first-order chi connectivity index (χ1) is 12.5. The van der Waals surface area contributed by atoms with Gasteiger partial charge in [0.25, 0.3) is 0 Å². The zero-order chi connectivity index (χ0) is 18.4. The highest BCUT2D eigenvalue weighted by atomic mass is 127. The van der Waals surface area contributed by atoms with E-state index in [0.29, 0.717) is 13.2 Å². The Morgan fingerprint density at radius 1 is 1.22 bits per heavy atom. The SMILES string of the molecule is I.NC(=NCCS(=O)(=O)NCC1CCCCO1)Nc1ccc2c(c1)CCC2. The number of hydrogen-bond acceptors (Lipinski definition) is 4. The van der Waals surface area contributed by atoms with E-state index in [1.54, 1.807) is 0 Å². The second-order valence-electron chi connectivity index (χ2n) is 6.88. The van der Waals surface area contributed by atoms with Gasteiger partial charge < -0.3 is 15.8 Å². The molecule has 0 spiro atoms. The number of benzene rings is 1. The maximum absolute atomic E-state index is 12.0. The molecule has 152 valence electrons. The molecule has 1 aromatic carbocycles. The van der Waals surface area contributed by atoms with Gasteiger partial charge in [-0.05, 0) is 61.8 Å². The maximum atomic E-state index is 12.0. The normalized spacial score (nSPS) is 20.0. The molecule has 1 aliphatic carbocycles. The van der Waals surface area contributed by atoms with E-state index in [-0.39, 0.29) is 48.3 Å². The lowest BCUT2D eigenvalue weighted by Crippen LogP contribution is -2.37. The van der Waals surface area contributed by atoms with Crippen LogP contribution in [0.2, 0.25) is 0 Å². The van der Waals surface area contributed by atoms with Gasteiger partial charge >= 0.3 is 0 Å². The molecule has 3 rings (SSSR count). The molecule has 1 heterocycles. The molecule has 9 heteroatoms. The first-order valence-electron chi connectivity index (χ1n) is 9.29. The fourth-order valence-corrected chi connectivity index (χ4v) is 4.30. The van der Waals surface area contributed by atoms with Crippen LogP contribution in [0.25, 0.3) is 0 Å². The number of hydrogen-bond donors (Lipinski definition) is 3. The summed E-state index contributed by atoms with van der Waals surface area (Å²) in [6.45, 7) is 1.15. The number of ether oxygens (including phenoxy) is 1. The number of anilines is 1. The summed E-state index contributed by atoms with van der Waals surface area (Å²) in [5, 5.41) is 3.03. The molecule has 7 nitrogen and oxygen atoms in total. The summed E-state index contributed by atoms with van der Waals surface area (Å²) in [7, 11) is -3.38. The molecule has 0 bridgehead atoms. The number of sulfonamides is 1. The van der Waals surface area contributed by atoms with Crippen molar-refractivity contribution >= 4 is 45.6 Å². The van der Waals surface area contributed by atoms with E-state index in [4.69, 9.17) is 10.5 Å². The fraction of sp³-hybridized carbons (Fsp3) is 0.611. The highest BCUT2D eigenvalue weighted by Gasteiger charge is 2.17. The Morgan fingerprint density at radius 3 is 2.81 bits per heavy atom. The molecule has 1 saturated heterocycles. The summed E-state index contributed by atoms with van der Waals surface area (Å²) < 4.78 is 32.2. The Labute approximate surface area is 178 Å². The molecular formula is C18H29IN4O3S. The summed E-state index contributed by atoms with van der Waals surface area (Å²) in [6, 6.07) is 6.18. The minimum absolute atomic E-state index is 0. The van der Waals surface area contributed by atoms with E-state index in [1.807, 2.05) is 6.07 Å². The molecular weight excluding hydrogens is 479 g/mol. The lowest BCUT2D eigenvalue weighted by Gasteiger charge is -2.22. The Kier molecular flexibility index (Phi) is 8.77. The molecule has 1 unspecified atom stereocenters. The van der Waals surface area contributed by atoms with Crippen molar-refractivity contribution in [2.24, 2.45) is 10.7 Å². The van der Waals surface area contributed by atoms with Gasteiger partial charge in [-0.2, -0.15) is 0 Å². The minimum Gasteiger partial charge on any atom is -0.377 e. The largest absolute Gasteiger partial charge is 0.377 e. The summed E-state index contributed by atoms with van der Waals surface area (Å²) in [5.74, 6) is 0.139. The lowest BCUT2D eigenvalue weighted by atomic mass is 10.1. The molecule has 27 heavy (non-hydrogen) atoms. The summed E-state index contributed by atoms with van der Waals surface area (Å²) in [5.41, 5.74) is 9.51. The Balaban J connectivity index is 0.00000261. The van der Waals surface area contributed by atoms with E-state index in [0.717, 1.165) is 37.8 Å². The van der Waals surface area contributed by atoms with E-state index < -0.39 is 10.0 Å². The summed E-state index contributed by atoms with van der Waals surface area (Å²) >= 11 is 0. The van der Waals surface area contributed by atoms with Gasteiger partial charge in [0.15, 0.2) is 5.96 Å². The van der Waals surface area contributed by atoms with Crippen molar-refractivity contribution in [1.29, 1.82) is 0 Å². The third-order valence-corrected chi connectivity index (χ3v) is 6.14. The number of aliphatic imine (C=N–C) groups is 1. The van der Waals surface area contributed by atoms with Crippen molar-refractivity contribution in [2.45, 2.75) is 44.6 Å². The molecule has 1 aromatic rings. The third-order valence-electron chi connectivity index (χ3n) is 4.82. The Hall–Kier alpha value is -0.910. The van der Waals surface area contributed by atoms with Gasteiger partial charge in [0, 0.05) is 18.8 Å². The van der Waals surface area contributed by atoms with Crippen LogP contribution in [0.1, 0.15) is 36.8 Å². The number of guanidine groups is 1. The van der Waals surface area contributed by atoms with Crippen LogP contribution in [0.4, 0.5) is 5.69 Å². The first kappa shape index (κ1) is 22.4. The standard InChI is InChI=1S/C18H28N4O3S.HI/c19-18(22-16-8-7-14-4-3-5-15(14)12-16)20-9-11-26(23,24)21-13-17-6-1-2-10-25-17;/h7-8,12,17,21H,1-6,9-11,13H2,(H3,19,20,22);1H. The zero-order valence-corrected chi connectivity index (χ0v) is 18.6. The van der Waals surface area contributed by atoms with E-state index in [9.17, 15) is 8.42 Å². The van der Waals surface area contributed by atoms with E-state index >= 15 is 0 Å². The van der Waals surface area contributed by atoms with Crippen molar-refractivity contribution in [3.05, 3.63) is 29.3 Å². The van der Waals surface area contributed by atoms with Crippen LogP contribution >= 0.6 is 24.0 Å². The number of rotatable bonds is 7. The monoisotopic (exact) mass is 508 g/mol. The minimum atomic E-state index is -3.38. The quantitative estimate of drug-likeness (QED) is 0.297. The van der Waals surface area contributed by atoms with Gasteiger partial charge in [-0.15, -0.1) is 24.0 Å². The summed E-state index contributed by atoms with van der Waals surface area (Å²) in [6.07, 6.45) is 6.44. The number of fused-ring (bicyclic) bond motifs is 1. The van der Waals surface area contributed by atoms with Crippen molar-refractivity contribution in [3.8, 4) is 0 Å². The van der Waals surface area contributed by atoms with Crippen LogP contribution in [-0.2, 0) is 27.6 Å². The molecule has 4 N–H and O–H groups in total. The summed E-state index contributed by atoms with van der Waals surface area (Å²) in [4.78, 5) is 4.13. The van der Waals surface area contributed by atoms with Gasteiger partial charge in [-0.3, -0.25) is 4.99 Å². The molecule has 1 fully saturated rings. The topological polar surface area (TPSA) is 106 Å². The highest BCUT2D eigenvalue weighted by Crippen LogP contribution is 2.24. The van der Waals surface area contributed by atoms with Crippen LogP contribution in [0.15, 0.2) is 23.2 Å². The fourth-order valence-electron chi connectivity index (χ4n) is 3.38. The van der Waals surface area contributed by atoms with Crippen LogP contribution in [0.3, 0.4) is 0 Å². The maximum Gasteiger partial charge on any atom is 0.213 e. The first-order valence-corrected chi connectivity index (χ1v) is 10.9. The highest BCUT2D eigenvalue weighted by molar-refractivity contribution is 14.0. The average Bonchev–Trinajstić information content (AvgIpc) is 3.08. The van der Waals surface area contributed by atoms with Crippen LogP contribution in [0, 0.1) is 0 Å². The molecule has 0 aromatic heterocycles. The second-order valence-corrected chi connectivity index (χ2v) is 8.81. The van der Waals surface area contributed by atoms with Gasteiger partial charge in [0.05, 0.1) is 18.4 Å². The number of halogens is 1. The second kappa shape index (κ2) is 10.6. The van der Waals surface area contributed by atoms with Gasteiger partial charge in [0.2, 0.25) is 10.0 Å². The molecule has 1 aliphatic heterocycles. The lowest BCUT2D eigenvalue weighted by molar-refractivity contribution is 0.0200. The number of nitrogens with two attached hydrogens (primary N) is 1. The van der Waals surface area contributed by atoms with Gasteiger partial charge in [0.1, 0.15) is 0 Å². The van der Waals surface area contributed by atoms with Gasteiger partial charge in [-0.25, -0.2) is 13.1 Å². The van der Waals surface area contributed by atoms with Crippen molar-refractivity contribution in [1.82, 2.24) is 4.72 Å². The predicted molar refractivity (Wildman–Crippen MR) is 119 cm³/mol. The molecule has 0 amide bonds. The Morgan fingerprint density at radius 2 is 2.04 bits per heavy atom. The van der Waals surface area contributed by atoms with E-state index in [1.165, 1.54) is 17.5 Å². The van der Waals surface area contributed by atoms with Crippen LogP contribution < -0.4 is 15.8 Å². The molecule has 0 radical (unpaired) electrons. The zero-order valence-electron chi connectivity index (χ0n) is 15.4. The molecule has 1 atom stereocenters. The van der Waals surface area contributed by atoms with Gasteiger partial charge in [-0.1, -0.05) is 6.07 Å². The van der Waals surface area contributed by atoms with Crippen LogP contribution in [0.5, 0.6) is 0 Å². The number of nitrogens with zero attached hydrogens (tertiary/aromatic N) is 1. The van der Waals surface area contributed by atoms with Crippen molar-refractivity contribution < 1.29 is 13.2 Å². The third kappa shape index (κ3) is 7.20. The molecule has 2 aliphatic rings. The van der Waals surface area contributed by atoms with Crippen molar-refractivity contribution in [2.75, 3.05) is 30.8 Å². The smallest absolute Gasteiger partial charge is 0.213 e. The average molecular weight is 508 g/mol. The van der Waals surface area contributed by atoms with Crippen molar-refractivity contribution in [3.63, 3.8) is 0 Å². The Bertz CT molecular complexity index is 749. The predicted octanol–water partition coefficient (Wildman–Crippen LogP) is 2.01. The van der Waals surface area contributed by atoms with E-state index in [2.05, 4.69) is 27.2 Å². The number of nitrogens with one attached hydrogen (secondary N) is 2.